The molecule has 1 saturated carbocycles. The van der Waals surface area contributed by atoms with Crippen LogP contribution in [-0.4, -0.2) is 51.5 Å². The number of nitrogens with zero attached hydrogens (tertiary/aromatic N) is 4. The Morgan fingerprint density at radius 2 is 1.86 bits per heavy atom. The van der Waals surface area contributed by atoms with E-state index in [1.165, 1.54) is 12.1 Å². The van der Waals surface area contributed by atoms with E-state index in [0.29, 0.717) is 24.7 Å². The highest BCUT2D eigenvalue weighted by molar-refractivity contribution is 5.92. The van der Waals surface area contributed by atoms with E-state index < -0.39 is 0 Å². The maximum Gasteiger partial charge on any atom is 0.276 e. The fourth-order valence-corrected chi connectivity index (χ4v) is 4.34. The molecule has 1 aromatic carbocycles. The van der Waals surface area contributed by atoms with Crippen molar-refractivity contribution in [3.63, 3.8) is 0 Å². The Hall–Kier alpha value is -2.28. The van der Waals surface area contributed by atoms with Gasteiger partial charge in [-0.3, -0.25) is 4.79 Å². The number of carbonyl (C=O) groups is 1. The second-order valence-electron chi connectivity index (χ2n) is 7.88. The van der Waals surface area contributed by atoms with Crippen molar-refractivity contribution in [1.29, 1.82) is 0 Å². The Morgan fingerprint density at radius 1 is 1.14 bits per heavy atom. The van der Waals surface area contributed by atoms with Crippen LogP contribution in [-0.2, 0) is 6.42 Å². The molecular weight excluding hydrogens is 357 g/mol. The van der Waals surface area contributed by atoms with E-state index in [4.69, 9.17) is 0 Å². The van der Waals surface area contributed by atoms with Crippen molar-refractivity contribution in [3.05, 3.63) is 47.5 Å². The minimum atomic E-state index is -0.234. The second-order valence-corrected chi connectivity index (χ2v) is 7.88. The molecule has 1 aromatic heterocycles. The first-order valence-corrected chi connectivity index (χ1v) is 10.4. The SMILES string of the molecule is O=C(c1cn(C2CCNCC2)nn1)N(CCc1ccc(F)cc1)C1CCCC1. The number of rotatable bonds is 6. The molecule has 1 aliphatic carbocycles. The number of hydrogen-bond donors (Lipinski definition) is 1. The fourth-order valence-electron chi connectivity index (χ4n) is 4.34. The third-order valence-corrected chi connectivity index (χ3v) is 5.99. The van der Waals surface area contributed by atoms with Gasteiger partial charge in [0.1, 0.15) is 5.82 Å². The molecule has 0 unspecified atom stereocenters. The average molecular weight is 385 g/mol. The van der Waals surface area contributed by atoms with Gasteiger partial charge in [-0.25, -0.2) is 9.07 Å². The molecule has 0 atom stereocenters. The van der Waals surface area contributed by atoms with Crippen molar-refractivity contribution in [2.75, 3.05) is 19.6 Å². The summed E-state index contributed by atoms with van der Waals surface area (Å²) >= 11 is 0. The molecule has 0 radical (unpaired) electrons. The van der Waals surface area contributed by atoms with Gasteiger partial charge < -0.3 is 10.2 Å². The Morgan fingerprint density at radius 3 is 2.57 bits per heavy atom. The third kappa shape index (κ3) is 4.41. The maximum atomic E-state index is 13.2. The zero-order valence-electron chi connectivity index (χ0n) is 16.2. The van der Waals surface area contributed by atoms with Crippen molar-refractivity contribution in [2.45, 2.75) is 57.0 Å². The van der Waals surface area contributed by atoms with Gasteiger partial charge in [-0.2, -0.15) is 0 Å². The molecule has 1 amide bonds. The van der Waals surface area contributed by atoms with Crippen LogP contribution < -0.4 is 5.32 Å². The Labute approximate surface area is 165 Å². The summed E-state index contributed by atoms with van der Waals surface area (Å²) in [5.41, 5.74) is 1.47. The molecule has 2 heterocycles. The highest BCUT2D eigenvalue weighted by Gasteiger charge is 2.29. The molecule has 0 bridgehead atoms. The normalized spacial score (nSPS) is 18.5. The molecule has 1 aliphatic heterocycles. The second kappa shape index (κ2) is 8.82. The Kier molecular flexibility index (Phi) is 6.00. The first-order chi connectivity index (χ1) is 13.7. The number of amides is 1. The Bertz CT molecular complexity index is 778. The van der Waals surface area contributed by atoms with Crippen molar-refractivity contribution in [3.8, 4) is 0 Å². The van der Waals surface area contributed by atoms with Crippen molar-refractivity contribution in [2.24, 2.45) is 0 Å². The molecule has 6 nitrogen and oxygen atoms in total. The summed E-state index contributed by atoms with van der Waals surface area (Å²) in [5.74, 6) is -0.267. The lowest BCUT2D eigenvalue weighted by Crippen LogP contribution is -2.40. The van der Waals surface area contributed by atoms with Gasteiger partial charge in [0.25, 0.3) is 5.91 Å². The number of nitrogens with one attached hydrogen (secondary N) is 1. The first kappa shape index (κ1) is 19.1. The van der Waals surface area contributed by atoms with E-state index in [1.54, 1.807) is 12.1 Å². The quantitative estimate of drug-likeness (QED) is 0.830. The zero-order valence-corrected chi connectivity index (χ0v) is 16.2. The van der Waals surface area contributed by atoms with E-state index in [-0.39, 0.29) is 17.8 Å². The van der Waals surface area contributed by atoms with Crippen LogP contribution in [0.15, 0.2) is 30.5 Å². The summed E-state index contributed by atoms with van der Waals surface area (Å²) in [7, 11) is 0. The summed E-state index contributed by atoms with van der Waals surface area (Å²) in [4.78, 5) is 15.2. The number of hydrogen-bond acceptors (Lipinski definition) is 4. The van der Waals surface area contributed by atoms with E-state index in [0.717, 1.165) is 57.2 Å². The molecule has 2 aliphatic rings. The highest BCUT2D eigenvalue weighted by Crippen LogP contribution is 2.25. The number of benzene rings is 1. The molecule has 2 fully saturated rings. The highest BCUT2D eigenvalue weighted by atomic mass is 19.1. The summed E-state index contributed by atoms with van der Waals surface area (Å²) in [6.45, 7) is 2.56. The van der Waals surface area contributed by atoms with E-state index >= 15 is 0 Å². The molecule has 7 heteroatoms. The van der Waals surface area contributed by atoms with Crippen LogP contribution in [0.3, 0.4) is 0 Å². The predicted molar refractivity (Wildman–Crippen MR) is 105 cm³/mol. The van der Waals surface area contributed by atoms with Crippen LogP contribution in [0.2, 0.25) is 0 Å². The van der Waals surface area contributed by atoms with E-state index in [1.807, 2.05) is 15.8 Å². The number of halogens is 1. The van der Waals surface area contributed by atoms with Gasteiger partial charge in [0.2, 0.25) is 0 Å². The number of aromatic nitrogens is 3. The van der Waals surface area contributed by atoms with Crippen molar-refractivity contribution in [1.82, 2.24) is 25.2 Å². The van der Waals surface area contributed by atoms with Crippen LogP contribution in [0.4, 0.5) is 4.39 Å². The lowest BCUT2D eigenvalue weighted by molar-refractivity contribution is 0.0677. The molecule has 2 aromatic rings. The lowest BCUT2D eigenvalue weighted by Gasteiger charge is -2.28. The lowest BCUT2D eigenvalue weighted by atomic mass is 10.1. The number of carbonyl (C=O) groups excluding carboxylic acids is 1. The van der Waals surface area contributed by atoms with E-state index in [2.05, 4.69) is 15.6 Å². The summed E-state index contributed by atoms with van der Waals surface area (Å²) in [6, 6.07) is 7.11. The molecule has 28 heavy (non-hydrogen) atoms. The van der Waals surface area contributed by atoms with Gasteiger partial charge in [0.15, 0.2) is 5.69 Å². The van der Waals surface area contributed by atoms with Crippen LogP contribution >= 0.6 is 0 Å². The minimum Gasteiger partial charge on any atom is -0.334 e. The van der Waals surface area contributed by atoms with Gasteiger partial charge in [0.05, 0.1) is 12.2 Å². The standard InChI is InChI=1S/C21H28FN5O/c22-17-7-5-16(6-8-17)11-14-26(18-3-1-2-4-18)21(28)20-15-27(25-24-20)19-9-12-23-13-10-19/h5-8,15,18-19,23H,1-4,9-14H2. The van der Waals surface area contributed by atoms with Crippen LogP contribution in [0, 0.1) is 5.82 Å². The number of piperidine rings is 1. The Balaban J connectivity index is 1.46. The van der Waals surface area contributed by atoms with E-state index in [9.17, 15) is 9.18 Å². The average Bonchev–Trinajstić information content (AvgIpc) is 3.42. The van der Waals surface area contributed by atoms with Crippen molar-refractivity contribution >= 4 is 5.91 Å². The van der Waals surface area contributed by atoms with Crippen LogP contribution in [0.5, 0.6) is 0 Å². The topological polar surface area (TPSA) is 63.1 Å². The van der Waals surface area contributed by atoms with Gasteiger partial charge in [-0.1, -0.05) is 30.2 Å². The molecular formula is C21H28FN5O. The minimum absolute atomic E-state index is 0.0332. The smallest absolute Gasteiger partial charge is 0.276 e. The van der Waals surface area contributed by atoms with Crippen molar-refractivity contribution < 1.29 is 9.18 Å². The third-order valence-electron chi connectivity index (χ3n) is 5.99. The largest absolute Gasteiger partial charge is 0.334 e. The van der Waals surface area contributed by atoms with Gasteiger partial charge in [-0.05, 0) is 62.9 Å². The maximum absolute atomic E-state index is 13.2. The molecule has 0 spiro atoms. The predicted octanol–water partition coefficient (Wildman–Crippen LogP) is 2.97. The molecule has 150 valence electrons. The molecule has 1 N–H and O–H groups in total. The summed E-state index contributed by atoms with van der Waals surface area (Å²) in [5, 5.41) is 11.8. The monoisotopic (exact) mass is 385 g/mol. The van der Waals surface area contributed by atoms with Gasteiger partial charge in [-0.15, -0.1) is 5.10 Å². The zero-order chi connectivity index (χ0) is 19.3. The van der Waals surface area contributed by atoms with Gasteiger partial charge >= 0.3 is 0 Å². The van der Waals surface area contributed by atoms with Crippen LogP contribution in [0.25, 0.3) is 0 Å². The molecule has 1 saturated heterocycles. The summed E-state index contributed by atoms with van der Waals surface area (Å²) in [6.07, 6.45) is 8.94. The van der Waals surface area contributed by atoms with Crippen LogP contribution in [0.1, 0.15) is 60.6 Å². The fraction of sp³-hybridized carbons (Fsp3) is 0.571. The molecule has 4 rings (SSSR count). The summed E-state index contributed by atoms with van der Waals surface area (Å²) < 4.78 is 15.0. The van der Waals surface area contributed by atoms with Gasteiger partial charge in [0, 0.05) is 12.6 Å². The first-order valence-electron chi connectivity index (χ1n) is 10.4.